The molecule has 0 atom stereocenters. The number of hydrogen-bond acceptors (Lipinski definition) is 5. The van der Waals surface area contributed by atoms with E-state index in [0.29, 0.717) is 42.7 Å². The molecule has 150 valence electrons. The van der Waals surface area contributed by atoms with E-state index in [1.807, 2.05) is 35.7 Å². The highest BCUT2D eigenvalue weighted by atomic mass is 32.1. The minimum absolute atomic E-state index is 0.00392. The zero-order valence-electron chi connectivity index (χ0n) is 15.9. The van der Waals surface area contributed by atoms with Gasteiger partial charge in [-0.1, -0.05) is 18.2 Å². The molecule has 0 radical (unpaired) electrons. The van der Waals surface area contributed by atoms with Crippen LogP contribution in [0.15, 0.2) is 52.9 Å². The zero-order chi connectivity index (χ0) is 20.2. The van der Waals surface area contributed by atoms with Gasteiger partial charge in [0.2, 0.25) is 11.8 Å². The topological polar surface area (TPSA) is 84.3 Å². The first-order chi connectivity index (χ1) is 14.1. The fourth-order valence-corrected chi connectivity index (χ4v) is 4.31. The maximum Gasteiger partial charge on any atom is 0.262 e. The van der Waals surface area contributed by atoms with E-state index in [1.54, 1.807) is 11.0 Å². The van der Waals surface area contributed by atoms with Gasteiger partial charge in [-0.05, 0) is 36.4 Å². The van der Waals surface area contributed by atoms with Crippen molar-refractivity contribution in [2.45, 2.75) is 25.8 Å². The summed E-state index contributed by atoms with van der Waals surface area (Å²) in [5.74, 6) is -0.0821. The number of carbonyl (C=O) groups excluding carboxylic acids is 2. The summed E-state index contributed by atoms with van der Waals surface area (Å²) in [6, 6.07) is 11.2. The standard InChI is InChI=1S/C21H22N4O3S/c26-18(8-12-25-14-22-20-17(21(25)28)9-13-29-20)24-10-6-15(7-11-24)19(27)23-16-4-2-1-3-5-16/h1-5,9,13-15H,6-8,10-12H2,(H,23,27). The van der Waals surface area contributed by atoms with Gasteiger partial charge in [-0.25, -0.2) is 4.98 Å². The van der Waals surface area contributed by atoms with Crippen LogP contribution < -0.4 is 10.9 Å². The molecule has 1 aliphatic heterocycles. The summed E-state index contributed by atoms with van der Waals surface area (Å²) in [5.41, 5.74) is 0.679. The van der Waals surface area contributed by atoms with E-state index < -0.39 is 0 Å². The lowest BCUT2D eigenvalue weighted by atomic mass is 9.95. The summed E-state index contributed by atoms with van der Waals surface area (Å²) >= 11 is 1.43. The Kier molecular flexibility index (Phi) is 5.71. The Labute approximate surface area is 172 Å². The van der Waals surface area contributed by atoms with Crippen LogP contribution in [0.25, 0.3) is 10.2 Å². The van der Waals surface area contributed by atoms with E-state index in [0.717, 1.165) is 5.69 Å². The SMILES string of the molecule is O=C(Nc1ccccc1)C1CCN(C(=O)CCn2cnc3sccc3c2=O)CC1. The molecular weight excluding hydrogens is 388 g/mol. The Balaban J connectivity index is 1.28. The van der Waals surface area contributed by atoms with E-state index in [2.05, 4.69) is 10.3 Å². The molecule has 8 heteroatoms. The lowest BCUT2D eigenvalue weighted by molar-refractivity contribution is -0.134. The monoisotopic (exact) mass is 410 g/mol. The highest BCUT2D eigenvalue weighted by Gasteiger charge is 2.27. The fourth-order valence-electron chi connectivity index (χ4n) is 3.58. The molecule has 3 aromatic rings. The van der Waals surface area contributed by atoms with Crippen LogP contribution in [0.3, 0.4) is 0 Å². The number of amides is 2. The molecule has 0 saturated carbocycles. The van der Waals surface area contributed by atoms with Gasteiger partial charge < -0.3 is 10.2 Å². The smallest absolute Gasteiger partial charge is 0.262 e. The Bertz CT molecular complexity index is 1070. The highest BCUT2D eigenvalue weighted by Crippen LogP contribution is 2.20. The van der Waals surface area contributed by atoms with Gasteiger partial charge in [0.05, 0.1) is 11.7 Å². The first-order valence-electron chi connectivity index (χ1n) is 9.68. The molecule has 2 aromatic heterocycles. The average Bonchev–Trinajstić information content (AvgIpc) is 3.24. The maximum atomic E-state index is 12.6. The van der Waals surface area contributed by atoms with E-state index in [1.165, 1.54) is 22.2 Å². The lowest BCUT2D eigenvalue weighted by Crippen LogP contribution is -2.42. The largest absolute Gasteiger partial charge is 0.343 e. The van der Waals surface area contributed by atoms with Gasteiger partial charge in [0.25, 0.3) is 5.56 Å². The third kappa shape index (κ3) is 4.37. The second kappa shape index (κ2) is 8.57. The van der Waals surface area contributed by atoms with Crippen molar-refractivity contribution in [2.75, 3.05) is 18.4 Å². The summed E-state index contributed by atoms with van der Waals surface area (Å²) in [4.78, 5) is 44.2. The van der Waals surface area contributed by atoms with E-state index in [9.17, 15) is 14.4 Å². The van der Waals surface area contributed by atoms with Crippen LogP contribution in [0.2, 0.25) is 0 Å². The summed E-state index contributed by atoms with van der Waals surface area (Å²) in [6.45, 7) is 1.43. The van der Waals surface area contributed by atoms with Crippen LogP contribution in [-0.4, -0.2) is 39.4 Å². The third-order valence-electron chi connectivity index (χ3n) is 5.28. The van der Waals surface area contributed by atoms with Crippen molar-refractivity contribution < 1.29 is 9.59 Å². The minimum Gasteiger partial charge on any atom is -0.343 e. The van der Waals surface area contributed by atoms with Crippen molar-refractivity contribution in [3.63, 3.8) is 0 Å². The number of anilines is 1. The van der Waals surface area contributed by atoms with Crippen LogP contribution in [0.4, 0.5) is 5.69 Å². The molecule has 2 amide bonds. The minimum atomic E-state index is -0.111. The molecule has 1 N–H and O–H groups in total. The molecule has 29 heavy (non-hydrogen) atoms. The van der Waals surface area contributed by atoms with Crippen molar-refractivity contribution in [1.29, 1.82) is 0 Å². The summed E-state index contributed by atoms with van der Waals surface area (Å²) in [7, 11) is 0. The van der Waals surface area contributed by atoms with Gasteiger partial charge in [-0.3, -0.25) is 19.0 Å². The molecule has 1 fully saturated rings. The predicted molar refractivity (Wildman–Crippen MR) is 113 cm³/mol. The zero-order valence-corrected chi connectivity index (χ0v) is 16.7. The molecule has 1 saturated heterocycles. The molecule has 4 rings (SSSR count). The number of benzene rings is 1. The maximum absolute atomic E-state index is 12.6. The number of thiophene rings is 1. The third-order valence-corrected chi connectivity index (χ3v) is 6.10. The predicted octanol–water partition coefficient (Wildman–Crippen LogP) is 2.73. The Morgan fingerprint density at radius 1 is 1.14 bits per heavy atom. The average molecular weight is 410 g/mol. The van der Waals surface area contributed by atoms with Gasteiger partial charge in [0.15, 0.2) is 0 Å². The quantitative estimate of drug-likeness (QED) is 0.701. The number of rotatable bonds is 5. The molecule has 7 nitrogen and oxygen atoms in total. The van der Waals surface area contributed by atoms with Gasteiger partial charge in [-0.2, -0.15) is 0 Å². The van der Waals surface area contributed by atoms with E-state index in [4.69, 9.17) is 0 Å². The molecule has 0 aliphatic carbocycles. The number of para-hydroxylation sites is 1. The Hall–Kier alpha value is -3.00. The number of hydrogen-bond donors (Lipinski definition) is 1. The first kappa shape index (κ1) is 19.3. The number of nitrogens with one attached hydrogen (secondary N) is 1. The number of aryl methyl sites for hydroxylation is 1. The fraction of sp³-hybridized carbons (Fsp3) is 0.333. The number of likely N-dealkylation sites (tertiary alicyclic amines) is 1. The number of piperidine rings is 1. The van der Waals surface area contributed by atoms with Gasteiger partial charge in [0.1, 0.15) is 4.83 Å². The molecule has 0 unspecified atom stereocenters. The lowest BCUT2D eigenvalue weighted by Gasteiger charge is -2.31. The molecule has 1 aromatic carbocycles. The normalized spacial score (nSPS) is 14.8. The van der Waals surface area contributed by atoms with Crippen molar-refractivity contribution in [1.82, 2.24) is 14.5 Å². The first-order valence-corrected chi connectivity index (χ1v) is 10.6. The van der Waals surface area contributed by atoms with Crippen molar-refractivity contribution in [2.24, 2.45) is 5.92 Å². The van der Waals surface area contributed by atoms with Crippen LogP contribution in [0.1, 0.15) is 19.3 Å². The van der Waals surface area contributed by atoms with E-state index >= 15 is 0 Å². The van der Waals surface area contributed by atoms with Crippen LogP contribution in [0, 0.1) is 5.92 Å². The van der Waals surface area contributed by atoms with Crippen LogP contribution in [0.5, 0.6) is 0 Å². The van der Waals surface area contributed by atoms with Crippen LogP contribution in [-0.2, 0) is 16.1 Å². The number of carbonyl (C=O) groups is 2. The summed E-state index contributed by atoms with van der Waals surface area (Å²) < 4.78 is 1.49. The number of aromatic nitrogens is 2. The molecule has 1 aliphatic rings. The molecule has 0 bridgehead atoms. The number of fused-ring (bicyclic) bond motifs is 1. The van der Waals surface area contributed by atoms with E-state index in [-0.39, 0.29) is 29.7 Å². The Morgan fingerprint density at radius 2 is 1.90 bits per heavy atom. The molecule has 0 spiro atoms. The van der Waals surface area contributed by atoms with Crippen LogP contribution >= 0.6 is 11.3 Å². The molecule has 3 heterocycles. The van der Waals surface area contributed by atoms with Crippen molar-refractivity contribution >= 4 is 39.1 Å². The van der Waals surface area contributed by atoms with Crippen molar-refractivity contribution in [3.8, 4) is 0 Å². The summed E-state index contributed by atoms with van der Waals surface area (Å²) in [5, 5.41) is 5.37. The van der Waals surface area contributed by atoms with Gasteiger partial charge in [0, 0.05) is 37.7 Å². The van der Waals surface area contributed by atoms with Crippen molar-refractivity contribution in [3.05, 3.63) is 58.5 Å². The molecular formula is C21H22N4O3S. The van der Waals surface area contributed by atoms with Gasteiger partial charge >= 0.3 is 0 Å². The second-order valence-electron chi connectivity index (χ2n) is 7.14. The Morgan fingerprint density at radius 3 is 2.66 bits per heavy atom. The van der Waals surface area contributed by atoms with Gasteiger partial charge in [-0.15, -0.1) is 11.3 Å². The highest BCUT2D eigenvalue weighted by molar-refractivity contribution is 7.16. The number of nitrogens with zero attached hydrogens (tertiary/aromatic N) is 3. The second-order valence-corrected chi connectivity index (χ2v) is 8.04. The summed E-state index contributed by atoms with van der Waals surface area (Å²) in [6.07, 6.45) is 3.05.